The van der Waals surface area contributed by atoms with E-state index in [4.69, 9.17) is 15.2 Å². The Morgan fingerprint density at radius 1 is 1.24 bits per heavy atom. The Bertz CT molecular complexity index is 1560. The highest BCUT2D eigenvalue weighted by atomic mass is 19.4. The zero-order chi connectivity index (χ0) is 26.7. The Morgan fingerprint density at radius 2 is 2.00 bits per heavy atom. The minimum atomic E-state index is -5.36. The maximum Gasteiger partial charge on any atom is 0.490 e. The van der Waals surface area contributed by atoms with E-state index < -0.39 is 42.3 Å². The molecule has 0 spiro atoms. The highest BCUT2D eigenvalue weighted by Crippen LogP contribution is 2.42. The zero-order valence-electron chi connectivity index (χ0n) is 19.3. The highest BCUT2D eigenvalue weighted by molar-refractivity contribution is 5.95. The number of amides is 1. The summed E-state index contributed by atoms with van der Waals surface area (Å²) in [5.41, 5.74) is 4.37. The summed E-state index contributed by atoms with van der Waals surface area (Å²) in [6.45, 7) is 0.793. The molecule has 10 nitrogen and oxygen atoms in total. The van der Waals surface area contributed by atoms with Crippen LogP contribution in [0, 0.1) is 0 Å². The Morgan fingerprint density at radius 3 is 2.68 bits per heavy atom. The predicted molar refractivity (Wildman–Crippen MR) is 122 cm³/mol. The molecule has 0 bridgehead atoms. The number of halogens is 3. The number of carbonyl (C=O) groups excluding carboxylic acids is 3. The van der Waals surface area contributed by atoms with Crippen LogP contribution in [-0.4, -0.2) is 40.1 Å². The fourth-order valence-corrected chi connectivity index (χ4v) is 4.65. The van der Waals surface area contributed by atoms with Crippen LogP contribution in [0.1, 0.15) is 30.0 Å². The Balaban J connectivity index is 1.65. The SMILES string of the molecule is CC[C@@]1(OC(=O)C(F)(F)F)C(=O)OCc2c1cc1n(c2=O)Cc2cc3cc(NC(=O)CN)ccc3nc2-1. The molecular formula is C24H19F3N4O6. The third kappa shape index (κ3) is 3.82. The zero-order valence-corrected chi connectivity index (χ0v) is 19.3. The summed E-state index contributed by atoms with van der Waals surface area (Å²) >= 11 is 0. The molecule has 2 aromatic heterocycles. The number of alkyl halides is 3. The number of nitrogens with one attached hydrogen (secondary N) is 1. The predicted octanol–water partition coefficient (Wildman–Crippen LogP) is 2.09. The van der Waals surface area contributed by atoms with Crippen molar-refractivity contribution in [3.8, 4) is 11.4 Å². The summed E-state index contributed by atoms with van der Waals surface area (Å²) < 4.78 is 50.2. The summed E-state index contributed by atoms with van der Waals surface area (Å²) in [5, 5.41) is 3.31. The van der Waals surface area contributed by atoms with Crippen LogP contribution in [0.4, 0.5) is 18.9 Å². The van der Waals surface area contributed by atoms with Gasteiger partial charge >= 0.3 is 18.1 Å². The van der Waals surface area contributed by atoms with Gasteiger partial charge < -0.3 is 25.1 Å². The number of carbonyl (C=O) groups is 3. The first kappa shape index (κ1) is 24.4. The lowest BCUT2D eigenvalue weighted by Gasteiger charge is -2.35. The van der Waals surface area contributed by atoms with Crippen LogP contribution < -0.4 is 16.6 Å². The van der Waals surface area contributed by atoms with Gasteiger partial charge in [-0.1, -0.05) is 6.92 Å². The number of hydrogen-bond acceptors (Lipinski definition) is 8. The number of hydrogen-bond donors (Lipinski definition) is 2. The number of fused-ring (bicyclic) bond motifs is 5. The first-order valence-electron chi connectivity index (χ1n) is 11.2. The summed E-state index contributed by atoms with van der Waals surface area (Å²) in [5.74, 6) is -4.14. The van der Waals surface area contributed by atoms with Crippen molar-refractivity contribution in [2.45, 2.75) is 38.3 Å². The smallest absolute Gasteiger partial charge is 0.457 e. The molecule has 1 amide bonds. The van der Waals surface area contributed by atoms with Crippen LogP contribution in [0.2, 0.25) is 0 Å². The second-order valence-electron chi connectivity index (χ2n) is 8.61. The lowest BCUT2D eigenvalue weighted by atomic mass is 9.85. The molecule has 13 heteroatoms. The molecule has 0 radical (unpaired) electrons. The fourth-order valence-electron chi connectivity index (χ4n) is 4.65. The molecule has 2 aliphatic heterocycles. The van der Waals surface area contributed by atoms with E-state index in [0.717, 1.165) is 0 Å². The maximum atomic E-state index is 13.4. The van der Waals surface area contributed by atoms with Gasteiger partial charge in [-0.2, -0.15) is 13.2 Å². The second kappa shape index (κ2) is 8.40. The molecule has 1 atom stereocenters. The van der Waals surface area contributed by atoms with Crippen LogP contribution in [-0.2, 0) is 42.6 Å². The lowest BCUT2D eigenvalue weighted by Crippen LogP contribution is -2.49. The monoisotopic (exact) mass is 516 g/mol. The molecule has 4 heterocycles. The Hall–Kier alpha value is -4.26. The molecule has 0 unspecified atom stereocenters. The third-order valence-corrected chi connectivity index (χ3v) is 6.44. The van der Waals surface area contributed by atoms with Gasteiger partial charge in [-0.25, -0.2) is 14.6 Å². The van der Waals surface area contributed by atoms with Gasteiger partial charge in [-0.3, -0.25) is 9.59 Å². The van der Waals surface area contributed by atoms with Crippen molar-refractivity contribution < 1.29 is 37.0 Å². The standard InChI is InChI=1S/C24H19F3N4O6/c1-2-23(37-22(35)24(25,26)27)15-7-17-19-12(9-31(17)20(33)14(15)10-36-21(23)34)5-11-6-13(29-18(32)8-28)3-4-16(11)30-19/h3-7H,2,8-10,28H2,1H3,(H,29,32)/t23-/m0/s1. The number of pyridine rings is 2. The molecule has 2 aliphatic rings. The highest BCUT2D eigenvalue weighted by Gasteiger charge is 2.54. The number of nitrogens with zero attached hydrogens (tertiary/aromatic N) is 2. The van der Waals surface area contributed by atoms with Crippen LogP contribution in [0.3, 0.4) is 0 Å². The summed E-state index contributed by atoms with van der Waals surface area (Å²) in [6.07, 6.45) is -5.75. The van der Waals surface area contributed by atoms with E-state index in [-0.39, 0.29) is 35.8 Å². The van der Waals surface area contributed by atoms with E-state index in [2.05, 4.69) is 10.3 Å². The Kier molecular flexibility index (Phi) is 5.55. The number of nitrogens with two attached hydrogens (primary N) is 1. The third-order valence-electron chi connectivity index (χ3n) is 6.44. The molecule has 3 aromatic rings. The number of ether oxygens (including phenoxy) is 2. The average Bonchev–Trinajstić information content (AvgIpc) is 3.21. The quantitative estimate of drug-likeness (QED) is 0.393. The van der Waals surface area contributed by atoms with Gasteiger partial charge in [-0.05, 0) is 36.8 Å². The number of anilines is 1. The molecule has 5 rings (SSSR count). The maximum absolute atomic E-state index is 13.4. The first-order chi connectivity index (χ1) is 17.5. The molecule has 1 aromatic carbocycles. The molecule has 0 fully saturated rings. The van der Waals surface area contributed by atoms with Gasteiger partial charge in [0.1, 0.15) is 6.61 Å². The summed E-state index contributed by atoms with van der Waals surface area (Å²) in [7, 11) is 0. The topological polar surface area (TPSA) is 143 Å². The number of aromatic nitrogens is 2. The van der Waals surface area contributed by atoms with E-state index >= 15 is 0 Å². The van der Waals surface area contributed by atoms with E-state index in [9.17, 15) is 32.3 Å². The number of cyclic esters (lactones) is 1. The summed E-state index contributed by atoms with van der Waals surface area (Å²) in [6, 6.07) is 8.11. The van der Waals surface area contributed by atoms with Crippen LogP contribution >= 0.6 is 0 Å². The normalized spacial score (nSPS) is 18.0. The van der Waals surface area contributed by atoms with Crippen molar-refractivity contribution in [1.82, 2.24) is 9.55 Å². The molecule has 192 valence electrons. The van der Waals surface area contributed by atoms with E-state index in [0.29, 0.717) is 27.8 Å². The first-order valence-corrected chi connectivity index (χ1v) is 11.2. The van der Waals surface area contributed by atoms with Crippen molar-refractivity contribution in [1.29, 1.82) is 0 Å². The van der Waals surface area contributed by atoms with Gasteiger partial charge in [0.05, 0.1) is 35.6 Å². The van der Waals surface area contributed by atoms with Crippen molar-refractivity contribution in [3.05, 3.63) is 57.4 Å². The largest absolute Gasteiger partial charge is 0.490 e. The van der Waals surface area contributed by atoms with Gasteiger partial charge in [0.2, 0.25) is 11.5 Å². The average molecular weight is 516 g/mol. The van der Waals surface area contributed by atoms with E-state index in [1.807, 2.05) is 0 Å². The number of esters is 2. The molecular weight excluding hydrogens is 497 g/mol. The fraction of sp³-hybridized carbons (Fsp3) is 0.292. The summed E-state index contributed by atoms with van der Waals surface area (Å²) in [4.78, 5) is 54.1. The van der Waals surface area contributed by atoms with Crippen molar-refractivity contribution in [2.24, 2.45) is 5.73 Å². The van der Waals surface area contributed by atoms with Crippen LogP contribution in [0.5, 0.6) is 0 Å². The minimum Gasteiger partial charge on any atom is -0.457 e. The molecule has 0 saturated carbocycles. The van der Waals surface area contributed by atoms with Gasteiger partial charge in [-0.15, -0.1) is 0 Å². The van der Waals surface area contributed by atoms with Crippen LogP contribution in [0.15, 0.2) is 35.1 Å². The van der Waals surface area contributed by atoms with Crippen molar-refractivity contribution >= 4 is 34.4 Å². The lowest BCUT2D eigenvalue weighted by molar-refractivity contribution is -0.223. The molecule has 37 heavy (non-hydrogen) atoms. The number of benzene rings is 1. The van der Waals surface area contributed by atoms with Crippen LogP contribution in [0.25, 0.3) is 22.3 Å². The minimum absolute atomic E-state index is 0.0793. The van der Waals surface area contributed by atoms with E-state index in [1.165, 1.54) is 17.6 Å². The molecule has 3 N–H and O–H groups in total. The van der Waals surface area contributed by atoms with Gasteiger partial charge in [0.25, 0.3) is 5.56 Å². The number of rotatable bonds is 4. The van der Waals surface area contributed by atoms with E-state index in [1.54, 1.807) is 24.3 Å². The van der Waals surface area contributed by atoms with Crippen molar-refractivity contribution in [2.75, 3.05) is 11.9 Å². The van der Waals surface area contributed by atoms with Crippen molar-refractivity contribution in [3.63, 3.8) is 0 Å². The van der Waals surface area contributed by atoms with Gasteiger partial charge in [0.15, 0.2) is 0 Å². The van der Waals surface area contributed by atoms with Gasteiger partial charge in [0, 0.05) is 22.2 Å². The Labute approximate surface area is 206 Å². The molecule has 0 aliphatic carbocycles. The second-order valence-corrected chi connectivity index (χ2v) is 8.61. The molecule has 0 saturated heterocycles.